The van der Waals surface area contributed by atoms with Crippen molar-refractivity contribution in [3.05, 3.63) is 75.8 Å². The molecule has 154 valence electrons. The van der Waals surface area contributed by atoms with Gasteiger partial charge in [0.15, 0.2) is 0 Å². The third-order valence-corrected chi connectivity index (χ3v) is 5.51. The van der Waals surface area contributed by atoms with Crippen molar-refractivity contribution in [2.45, 2.75) is 0 Å². The zero-order chi connectivity index (χ0) is 21.1. The summed E-state index contributed by atoms with van der Waals surface area (Å²) in [6.07, 6.45) is 0. The molecule has 1 N–H and O–H groups in total. The first kappa shape index (κ1) is 20.1. The maximum Gasteiger partial charge on any atom is 0.294 e. The number of hydrogen-bond donors (Lipinski definition) is 1. The van der Waals surface area contributed by atoms with Gasteiger partial charge in [0.2, 0.25) is 5.91 Å². The van der Waals surface area contributed by atoms with Crippen molar-refractivity contribution in [2.75, 3.05) is 42.9 Å². The molecule has 0 aliphatic carbocycles. The van der Waals surface area contributed by atoms with E-state index in [0.717, 1.165) is 16.5 Å². The smallest absolute Gasteiger partial charge is 0.294 e. The van der Waals surface area contributed by atoms with Gasteiger partial charge >= 0.3 is 0 Å². The summed E-state index contributed by atoms with van der Waals surface area (Å²) in [7, 11) is 0. The second-order valence-electron chi connectivity index (χ2n) is 7.23. The molecule has 0 spiro atoms. The number of nitrogens with zero attached hydrogens (tertiary/aromatic N) is 3. The third kappa shape index (κ3) is 4.37. The maximum absolute atomic E-state index is 12.6. The summed E-state index contributed by atoms with van der Waals surface area (Å²) in [5.74, 6) is -0.0720. The Labute approximate surface area is 179 Å². The van der Waals surface area contributed by atoms with Crippen LogP contribution >= 0.6 is 11.6 Å². The number of carbonyl (C=O) groups excluding carboxylic acids is 1. The Morgan fingerprint density at radius 1 is 1.03 bits per heavy atom. The molecule has 30 heavy (non-hydrogen) atoms. The van der Waals surface area contributed by atoms with Gasteiger partial charge in [-0.3, -0.25) is 19.8 Å². The standard InChI is InChI=1S/C22H21ClN4O3/c23-17-8-9-20(21(14-17)27(29)30)26-12-10-25(11-13-26)15-22(28)24-19-7-3-5-16-4-1-2-6-18(16)19/h1-9,14H,10-13,15H2,(H,24,28). The first-order valence-electron chi connectivity index (χ1n) is 9.70. The molecule has 0 atom stereocenters. The highest BCUT2D eigenvalue weighted by molar-refractivity contribution is 6.30. The minimum Gasteiger partial charge on any atom is -0.363 e. The molecule has 3 aromatic rings. The Balaban J connectivity index is 1.37. The number of nitro groups is 1. The van der Waals surface area contributed by atoms with E-state index in [1.54, 1.807) is 12.1 Å². The maximum atomic E-state index is 12.6. The summed E-state index contributed by atoms with van der Waals surface area (Å²) in [5.41, 5.74) is 1.36. The Hall–Kier alpha value is -3.16. The number of fused-ring (bicyclic) bond motifs is 1. The van der Waals surface area contributed by atoms with Crippen LogP contribution in [0, 0.1) is 10.1 Å². The van der Waals surface area contributed by atoms with E-state index in [9.17, 15) is 14.9 Å². The summed E-state index contributed by atoms with van der Waals surface area (Å²) in [6.45, 7) is 2.76. The fraction of sp³-hybridized carbons (Fsp3) is 0.227. The van der Waals surface area contributed by atoms with Crippen molar-refractivity contribution >= 4 is 45.3 Å². The Morgan fingerprint density at radius 2 is 1.77 bits per heavy atom. The van der Waals surface area contributed by atoms with Crippen molar-refractivity contribution in [3.63, 3.8) is 0 Å². The Morgan fingerprint density at radius 3 is 2.53 bits per heavy atom. The van der Waals surface area contributed by atoms with Gasteiger partial charge < -0.3 is 10.2 Å². The summed E-state index contributed by atoms with van der Waals surface area (Å²) in [6, 6.07) is 18.5. The molecule has 8 heteroatoms. The SMILES string of the molecule is O=C(CN1CCN(c2ccc(Cl)cc2[N+](=O)[O-])CC1)Nc1cccc2ccccc12. The molecule has 0 unspecified atom stereocenters. The van der Waals surface area contributed by atoms with Crippen LogP contribution in [0.25, 0.3) is 10.8 Å². The quantitative estimate of drug-likeness (QED) is 0.491. The lowest BCUT2D eigenvalue weighted by atomic mass is 10.1. The molecule has 0 saturated carbocycles. The average molecular weight is 425 g/mol. The van der Waals surface area contributed by atoms with Crippen molar-refractivity contribution in [3.8, 4) is 0 Å². The number of carbonyl (C=O) groups is 1. The van der Waals surface area contributed by atoms with E-state index in [0.29, 0.717) is 36.9 Å². The van der Waals surface area contributed by atoms with Crippen molar-refractivity contribution in [2.24, 2.45) is 0 Å². The van der Waals surface area contributed by atoms with Gasteiger partial charge in [-0.2, -0.15) is 0 Å². The van der Waals surface area contributed by atoms with Crippen LogP contribution in [0.15, 0.2) is 60.7 Å². The number of halogens is 1. The predicted octanol–water partition coefficient (Wildman–Crippen LogP) is 4.16. The summed E-state index contributed by atoms with van der Waals surface area (Å²) in [4.78, 5) is 27.5. The van der Waals surface area contributed by atoms with Gasteiger partial charge in [0.25, 0.3) is 5.69 Å². The highest BCUT2D eigenvalue weighted by Gasteiger charge is 2.25. The molecule has 1 amide bonds. The Bertz CT molecular complexity index is 1090. The summed E-state index contributed by atoms with van der Waals surface area (Å²) in [5, 5.41) is 16.8. The van der Waals surface area contributed by atoms with Gasteiger partial charge in [0, 0.05) is 48.3 Å². The van der Waals surface area contributed by atoms with E-state index in [1.807, 2.05) is 47.4 Å². The van der Waals surface area contributed by atoms with Gasteiger partial charge in [-0.05, 0) is 23.6 Å². The van der Waals surface area contributed by atoms with E-state index in [-0.39, 0.29) is 18.1 Å². The number of nitrogens with one attached hydrogen (secondary N) is 1. The Kier molecular flexibility index (Phi) is 5.83. The lowest BCUT2D eigenvalue weighted by Gasteiger charge is -2.35. The molecular weight excluding hydrogens is 404 g/mol. The van der Waals surface area contributed by atoms with E-state index >= 15 is 0 Å². The molecule has 1 aliphatic heterocycles. The van der Waals surface area contributed by atoms with Crippen LogP contribution in [-0.4, -0.2) is 48.5 Å². The molecular formula is C22H21ClN4O3. The van der Waals surface area contributed by atoms with Crippen LogP contribution in [0.1, 0.15) is 0 Å². The van der Waals surface area contributed by atoms with Crippen molar-refractivity contribution in [1.29, 1.82) is 0 Å². The normalized spacial score (nSPS) is 14.6. The number of nitro benzene ring substituents is 1. The zero-order valence-electron chi connectivity index (χ0n) is 16.3. The predicted molar refractivity (Wildman–Crippen MR) is 119 cm³/mol. The van der Waals surface area contributed by atoms with E-state index in [4.69, 9.17) is 11.6 Å². The van der Waals surface area contributed by atoms with Crippen LogP contribution < -0.4 is 10.2 Å². The molecule has 1 aliphatic rings. The zero-order valence-corrected chi connectivity index (χ0v) is 17.0. The van der Waals surface area contributed by atoms with Gasteiger partial charge in [0.05, 0.1) is 11.5 Å². The first-order valence-corrected chi connectivity index (χ1v) is 10.1. The molecule has 1 fully saturated rings. The first-order chi connectivity index (χ1) is 14.5. The topological polar surface area (TPSA) is 78.7 Å². The van der Waals surface area contributed by atoms with Crippen molar-refractivity contribution in [1.82, 2.24) is 4.90 Å². The second-order valence-corrected chi connectivity index (χ2v) is 7.66. The molecule has 0 bridgehead atoms. The molecule has 7 nitrogen and oxygen atoms in total. The minimum absolute atomic E-state index is 0.00430. The van der Waals surface area contributed by atoms with Crippen LogP contribution in [0.3, 0.4) is 0 Å². The molecule has 0 radical (unpaired) electrons. The number of anilines is 2. The number of hydrogen-bond acceptors (Lipinski definition) is 5. The third-order valence-electron chi connectivity index (χ3n) is 5.28. The minimum atomic E-state index is -0.411. The van der Waals surface area contributed by atoms with Crippen molar-refractivity contribution < 1.29 is 9.72 Å². The molecule has 1 saturated heterocycles. The van der Waals surface area contributed by atoms with E-state index in [2.05, 4.69) is 10.2 Å². The van der Waals surface area contributed by atoms with Crippen LogP contribution in [0.2, 0.25) is 5.02 Å². The molecule has 3 aromatic carbocycles. The number of piperazine rings is 1. The van der Waals surface area contributed by atoms with Gasteiger partial charge in [-0.15, -0.1) is 0 Å². The molecule has 4 rings (SSSR count). The average Bonchev–Trinajstić information content (AvgIpc) is 2.74. The van der Waals surface area contributed by atoms with Crippen LogP contribution in [0.5, 0.6) is 0 Å². The highest BCUT2D eigenvalue weighted by atomic mass is 35.5. The number of rotatable bonds is 5. The van der Waals surface area contributed by atoms with Gasteiger partial charge in [-0.1, -0.05) is 48.0 Å². The fourth-order valence-electron chi connectivity index (χ4n) is 3.78. The number of benzene rings is 3. The highest BCUT2D eigenvalue weighted by Crippen LogP contribution is 2.31. The van der Waals surface area contributed by atoms with E-state index in [1.165, 1.54) is 6.07 Å². The lowest BCUT2D eigenvalue weighted by Crippen LogP contribution is -2.48. The van der Waals surface area contributed by atoms with Gasteiger partial charge in [-0.25, -0.2) is 0 Å². The van der Waals surface area contributed by atoms with Crippen LogP contribution in [0.4, 0.5) is 17.1 Å². The lowest BCUT2D eigenvalue weighted by molar-refractivity contribution is -0.384. The second kappa shape index (κ2) is 8.69. The number of amides is 1. The fourth-order valence-corrected chi connectivity index (χ4v) is 3.95. The van der Waals surface area contributed by atoms with E-state index < -0.39 is 4.92 Å². The summed E-state index contributed by atoms with van der Waals surface area (Å²) >= 11 is 5.91. The van der Waals surface area contributed by atoms with Gasteiger partial charge in [0.1, 0.15) is 5.69 Å². The summed E-state index contributed by atoms with van der Waals surface area (Å²) < 4.78 is 0. The molecule has 0 aromatic heterocycles. The largest absolute Gasteiger partial charge is 0.363 e. The molecule has 1 heterocycles. The monoisotopic (exact) mass is 424 g/mol. The van der Waals surface area contributed by atoms with Crippen LogP contribution in [-0.2, 0) is 4.79 Å².